The zero-order valence-corrected chi connectivity index (χ0v) is 14.3. The Bertz CT molecular complexity index is 1130. The molecule has 0 aliphatic heterocycles. The van der Waals surface area contributed by atoms with Crippen LogP contribution in [0.2, 0.25) is 0 Å². The van der Waals surface area contributed by atoms with Crippen molar-refractivity contribution in [3.8, 4) is 23.0 Å². The van der Waals surface area contributed by atoms with Gasteiger partial charge in [0.25, 0.3) is 9.84 Å². The molecule has 0 amide bonds. The van der Waals surface area contributed by atoms with Gasteiger partial charge in [-0.15, -0.1) is 10.2 Å². The first-order valence-corrected chi connectivity index (χ1v) is 8.72. The Kier molecular flexibility index (Phi) is 4.77. The van der Waals surface area contributed by atoms with Crippen LogP contribution in [0.5, 0.6) is 11.5 Å². The van der Waals surface area contributed by atoms with Crippen molar-refractivity contribution in [1.82, 2.24) is 10.2 Å². The van der Waals surface area contributed by atoms with Gasteiger partial charge in [0.05, 0.1) is 9.82 Å². The van der Waals surface area contributed by atoms with Crippen LogP contribution in [0.15, 0.2) is 58.2 Å². The zero-order valence-electron chi connectivity index (χ0n) is 13.5. The molecule has 0 radical (unpaired) electrons. The summed E-state index contributed by atoms with van der Waals surface area (Å²) in [5.41, 5.74) is -6.12. The molecule has 0 saturated carbocycles. The van der Waals surface area contributed by atoms with Crippen molar-refractivity contribution in [2.75, 3.05) is 0 Å². The van der Waals surface area contributed by atoms with Crippen LogP contribution in [-0.4, -0.2) is 29.0 Å². The van der Waals surface area contributed by atoms with Crippen LogP contribution in [0.25, 0.3) is 11.5 Å². The summed E-state index contributed by atoms with van der Waals surface area (Å²) in [7, 11) is -5.75. The van der Waals surface area contributed by atoms with Gasteiger partial charge < -0.3 is 9.15 Å². The fraction of sp³-hybridized carbons (Fsp3) is 0.0667. The number of nitro benzene ring substituents is 1. The Morgan fingerprint density at radius 3 is 2.50 bits per heavy atom. The maximum Gasteiger partial charge on any atom is 0.501 e. The minimum Gasteiger partial charge on any atom is -0.450 e. The third-order valence-corrected chi connectivity index (χ3v) is 4.89. The number of nitrogens with zero attached hydrogens (tertiary/aromatic N) is 3. The summed E-state index contributed by atoms with van der Waals surface area (Å²) in [4.78, 5) is 8.90. The predicted molar refractivity (Wildman–Crippen MR) is 86.1 cm³/mol. The zero-order chi connectivity index (χ0) is 20.5. The Morgan fingerprint density at radius 1 is 1.14 bits per heavy atom. The molecule has 1 heterocycles. The van der Waals surface area contributed by atoms with E-state index in [0.29, 0.717) is 17.7 Å². The average Bonchev–Trinajstić information content (AvgIpc) is 3.15. The number of alkyl halides is 3. The summed E-state index contributed by atoms with van der Waals surface area (Å²) in [5.74, 6) is -0.231. The first-order valence-electron chi connectivity index (χ1n) is 7.24. The molecule has 0 unspecified atom stereocenters. The van der Waals surface area contributed by atoms with Crippen molar-refractivity contribution in [2.24, 2.45) is 0 Å². The van der Waals surface area contributed by atoms with E-state index in [4.69, 9.17) is 9.15 Å². The minimum absolute atomic E-state index is 0.0743. The van der Waals surface area contributed by atoms with Crippen molar-refractivity contribution in [2.45, 2.75) is 10.4 Å². The molecule has 146 valence electrons. The molecule has 0 bridgehead atoms. The first kappa shape index (κ1) is 19.3. The Morgan fingerprint density at radius 2 is 1.89 bits per heavy atom. The highest BCUT2D eigenvalue weighted by Crippen LogP contribution is 2.37. The second-order valence-electron chi connectivity index (χ2n) is 5.21. The first-order chi connectivity index (χ1) is 13.1. The molecule has 9 nitrogen and oxygen atoms in total. The van der Waals surface area contributed by atoms with Gasteiger partial charge in [0.2, 0.25) is 18.0 Å². The molecule has 0 aliphatic rings. The van der Waals surface area contributed by atoms with Gasteiger partial charge >= 0.3 is 11.2 Å². The summed E-state index contributed by atoms with van der Waals surface area (Å²) in [6.45, 7) is 0. The normalized spacial score (nSPS) is 12.0. The quantitative estimate of drug-likeness (QED) is 0.456. The van der Waals surface area contributed by atoms with E-state index in [9.17, 15) is 31.7 Å². The summed E-state index contributed by atoms with van der Waals surface area (Å²) in [5, 5.41) is 18.4. The molecule has 0 spiro atoms. The maximum atomic E-state index is 12.7. The predicted octanol–water partition coefficient (Wildman–Crippen LogP) is 3.73. The highest BCUT2D eigenvalue weighted by Gasteiger charge is 2.47. The molecular formula is C15H8F3N3O6S. The molecule has 0 atom stereocenters. The van der Waals surface area contributed by atoms with Crippen LogP contribution < -0.4 is 4.74 Å². The van der Waals surface area contributed by atoms with Gasteiger partial charge in [0, 0.05) is 11.6 Å². The Hall–Kier alpha value is -3.48. The Labute approximate surface area is 154 Å². The lowest BCUT2D eigenvalue weighted by Crippen LogP contribution is -2.23. The smallest absolute Gasteiger partial charge is 0.450 e. The summed E-state index contributed by atoms with van der Waals surface area (Å²) < 4.78 is 71.3. The summed E-state index contributed by atoms with van der Waals surface area (Å²) in [6.07, 6.45) is 1.09. The molecule has 3 rings (SSSR count). The molecule has 2 aromatic carbocycles. The number of nitro groups is 1. The van der Waals surface area contributed by atoms with Crippen molar-refractivity contribution in [3.63, 3.8) is 0 Å². The minimum atomic E-state index is -5.75. The molecule has 3 aromatic rings. The van der Waals surface area contributed by atoms with Gasteiger partial charge in [-0.2, -0.15) is 13.2 Å². The number of hydrogen-bond donors (Lipinski definition) is 0. The topological polar surface area (TPSA) is 125 Å². The molecule has 0 saturated heterocycles. The van der Waals surface area contributed by atoms with Crippen LogP contribution in [0.4, 0.5) is 18.9 Å². The van der Waals surface area contributed by atoms with Crippen molar-refractivity contribution < 1.29 is 35.7 Å². The lowest BCUT2D eigenvalue weighted by Gasteiger charge is -2.10. The van der Waals surface area contributed by atoms with E-state index in [2.05, 4.69) is 10.2 Å². The average molecular weight is 415 g/mol. The molecule has 1 aromatic heterocycles. The van der Waals surface area contributed by atoms with E-state index in [1.54, 1.807) is 6.07 Å². The third-order valence-electron chi connectivity index (χ3n) is 3.41. The van der Waals surface area contributed by atoms with Gasteiger partial charge in [0.1, 0.15) is 5.75 Å². The lowest BCUT2D eigenvalue weighted by molar-refractivity contribution is -0.385. The maximum absolute atomic E-state index is 12.7. The Balaban J connectivity index is 2.00. The fourth-order valence-corrected chi connectivity index (χ4v) is 2.93. The van der Waals surface area contributed by atoms with E-state index >= 15 is 0 Å². The second-order valence-corrected chi connectivity index (χ2v) is 7.15. The molecule has 0 aliphatic carbocycles. The number of hydrogen-bond acceptors (Lipinski definition) is 8. The van der Waals surface area contributed by atoms with Crippen molar-refractivity contribution in [3.05, 3.63) is 59.0 Å². The lowest BCUT2D eigenvalue weighted by atomic mass is 10.2. The summed E-state index contributed by atoms with van der Waals surface area (Å²) >= 11 is 0. The van der Waals surface area contributed by atoms with Crippen LogP contribution in [0.1, 0.15) is 0 Å². The van der Waals surface area contributed by atoms with Crippen LogP contribution in [-0.2, 0) is 9.84 Å². The number of sulfone groups is 1. The highest BCUT2D eigenvalue weighted by atomic mass is 32.2. The summed E-state index contributed by atoms with van der Waals surface area (Å²) in [6, 6.07) is 7.57. The van der Waals surface area contributed by atoms with Gasteiger partial charge in [-0.25, -0.2) is 8.42 Å². The molecule has 0 fully saturated rings. The molecule has 13 heteroatoms. The number of halogens is 3. The van der Waals surface area contributed by atoms with Gasteiger partial charge in [-0.05, 0) is 30.3 Å². The van der Waals surface area contributed by atoms with Crippen LogP contribution >= 0.6 is 0 Å². The van der Waals surface area contributed by atoms with Crippen molar-refractivity contribution >= 4 is 15.5 Å². The number of aromatic nitrogens is 2. The standard InChI is InChI=1S/C15H8F3N3O6S/c16-15(17,18)28(24,25)11-4-5-13(12(7-11)21(22)23)27-10-3-1-2-9(6-10)14-20-19-8-26-14/h1-8H. The van der Waals surface area contributed by atoms with Gasteiger partial charge in [-0.1, -0.05) is 6.07 Å². The number of benzene rings is 2. The van der Waals surface area contributed by atoms with E-state index in [0.717, 1.165) is 12.5 Å². The monoisotopic (exact) mass is 415 g/mol. The van der Waals surface area contributed by atoms with E-state index < -0.39 is 36.6 Å². The molecule has 0 N–H and O–H groups in total. The van der Waals surface area contributed by atoms with E-state index in [1.165, 1.54) is 18.2 Å². The van der Waals surface area contributed by atoms with Crippen LogP contribution in [0, 0.1) is 10.1 Å². The molecule has 28 heavy (non-hydrogen) atoms. The van der Waals surface area contributed by atoms with E-state index in [-0.39, 0.29) is 11.6 Å². The molecular weight excluding hydrogens is 407 g/mol. The van der Waals surface area contributed by atoms with Gasteiger partial charge in [0.15, 0.2) is 0 Å². The highest BCUT2D eigenvalue weighted by molar-refractivity contribution is 7.92. The van der Waals surface area contributed by atoms with Crippen LogP contribution in [0.3, 0.4) is 0 Å². The second kappa shape index (κ2) is 6.92. The third kappa shape index (κ3) is 3.64. The van der Waals surface area contributed by atoms with Crippen molar-refractivity contribution in [1.29, 1.82) is 0 Å². The largest absolute Gasteiger partial charge is 0.501 e. The van der Waals surface area contributed by atoms with Gasteiger partial charge in [-0.3, -0.25) is 10.1 Å². The number of rotatable bonds is 5. The van der Waals surface area contributed by atoms with E-state index in [1.807, 2.05) is 0 Å². The fourth-order valence-electron chi connectivity index (χ4n) is 2.15. The SMILES string of the molecule is O=[N+]([O-])c1cc(S(=O)(=O)C(F)(F)F)ccc1Oc1cccc(-c2nnco2)c1. The number of ether oxygens (including phenoxy) is 1.